The second-order valence-electron chi connectivity index (χ2n) is 6.35. The number of nitrogens with one attached hydrogen (secondary N) is 1. The van der Waals surface area contributed by atoms with Gasteiger partial charge in [0.25, 0.3) is 5.91 Å². The van der Waals surface area contributed by atoms with E-state index in [1.807, 2.05) is 35.3 Å². The van der Waals surface area contributed by atoms with Crippen LogP contribution < -0.4 is 5.32 Å². The highest BCUT2D eigenvalue weighted by Crippen LogP contribution is 2.06. The number of hydrogen-bond donors (Lipinski definition) is 1. The fourth-order valence-corrected chi connectivity index (χ4v) is 2.89. The second kappa shape index (κ2) is 10.2. The number of ether oxygens (including phenoxy) is 2. The number of rotatable bonds is 7. The number of amides is 1. The Hall–Kier alpha value is -2.00. The Balaban J connectivity index is 1.56. The molecular weight excluding hydrogens is 334 g/mol. The van der Waals surface area contributed by atoms with Gasteiger partial charge in [-0.1, -0.05) is 18.2 Å². The van der Waals surface area contributed by atoms with Crippen molar-refractivity contribution in [3.05, 3.63) is 30.3 Å². The number of benzene rings is 1. The van der Waals surface area contributed by atoms with Gasteiger partial charge in [-0.3, -0.25) is 19.6 Å². The topological polar surface area (TPSA) is 69.6 Å². The van der Waals surface area contributed by atoms with Crippen LogP contribution in [0.5, 0.6) is 0 Å². The van der Waals surface area contributed by atoms with E-state index in [4.69, 9.17) is 9.47 Å². The minimum Gasteiger partial charge on any atom is -0.379 e. The number of nitrogens with zero attached hydrogens (tertiary/aromatic N) is 4. The van der Waals surface area contributed by atoms with Crippen molar-refractivity contribution in [2.75, 3.05) is 71.3 Å². The molecule has 0 aromatic heterocycles. The fourth-order valence-electron chi connectivity index (χ4n) is 2.89. The second-order valence-corrected chi connectivity index (χ2v) is 6.35. The molecular formula is C18H27N5O3. The molecule has 0 spiro atoms. The van der Waals surface area contributed by atoms with E-state index in [-0.39, 0.29) is 5.91 Å². The zero-order valence-electron chi connectivity index (χ0n) is 15.0. The number of morpholine rings is 2. The molecule has 2 aliphatic rings. The predicted molar refractivity (Wildman–Crippen MR) is 99.9 cm³/mol. The molecule has 142 valence electrons. The van der Waals surface area contributed by atoms with Gasteiger partial charge >= 0.3 is 0 Å². The molecule has 8 nitrogen and oxygen atoms in total. The van der Waals surface area contributed by atoms with Crippen molar-refractivity contribution in [3.63, 3.8) is 0 Å². The first-order valence-corrected chi connectivity index (χ1v) is 9.05. The van der Waals surface area contributed by atoms with Crippen LogP contribution in [0.15, 0.2) is 35.4 Å². The lowest BCUT2D eigenvalue weighted by atomic mass is 10.3. The maximum absolute atomic E-state index is 12.1. The summed E-state index contributed by atoms with van der Waals surface area (Å²) >= 11 is 0. The Labute approximate surface area is 154 Å². The molecule has 0 unspecified atom stereocenters. The van der Waals surface area contributed by atoms with Crippen LogP contribution in [0.25, 0.3) is 0 Å². The van der Waals surface area contributed by atoms with Crippen LogP contribution in [0.3, 0.4) is 0 Å². The lowest BCUT2D eigenvalue weighted by molar-refractivity contribution is -0.110. The Bertz CT molecular complexity index is 551. The molecule has 1 aromatic carbocycles. The van der Waals surface area contributed by atoms with E-state index in [1.54, 1.807) is 0 Å². The quantitative estimate of drug-likeness (QED) is 0.563. The van der Waals surface area contributed by atoms with Crippen LogP contribution in [0.1, 0.15) is 0 Å². The van der Waals surface area contributed by atoms with Crippen LogP contribution in [0.2, 0.25) is 0 Å². The molecule has 0 saturated carbocycles. The van der Waals surface area contributed by atoms with Gasteiger partial charge in [0.15, 0.2) is 0 Å². The van der Waals surface area contributed by atoms with Crippen molar-refractivity contribution in [2.24, 2.45) is 5.10 Å². The van der Waals surface area contributed by atoms with Crippen molar-refractivity contribution in [3.8, 4) is 0 Å². The first-order valence-electron chi connectivity index (χ1n) is 9.05. The van der Waals surface area contributed by atoms with Crippen LogP contribution in [-0.4, -0.2) is 92.9 Å². The molecule has 2 fully saturated rings. The average molecular weight is 361 g/mol. The van der Waals surface area contributed by atoms with E-state index in [1.165, 1.54) is 6.21 Å². The highest BCUT2D eigenvalue weighted by atomic mass is 16.5. The summed E-state index contributed by atoms with van der Waals surface area (Å²) in [5, 5.41) is 9.19. The summed E-state index contributed by atoms with van der Waals surface area (Å²) in [6.45, 7) is 7.83. The van der Waals surface area contributed by atoms with Gasteiger partial charge in [0, 0.05) is 31.9 Å². The summed E-state index contributed by atoms with van der Waals surface area (Å²) in [7, 11) is 0. The van der Waals surface area contributed by atoms with E-state index in [0.717, 1.165) is 58.3 Å². The largest absolute Gasteiger partial charge is 0.379 e. The normalized spacial score (nSPS) is 19.5. The van der Waals surface area contributed by atoms with E-state index in [2.05, 4.69) is 20.2 Å². The van der Waals surface area contributed by atoms with Gasteiger partial charge in [0.05, 0.1) is 39.8 Å². The molecule has 26 heavy (non-hydrogen) atoms. The van der Waals surface area contributed by atoms with Crippen molar-refractivity contribution >= 4 is 17.8 Å². The first kappa shape index (κ1) is 18.8. The molecule has 0 bridgehead atoms. The smallest absolute Gasteiger partial charge is 0.268 e. The van der Waals surface area contributed by atoms with Gasteiger partial charge in [-0.25, -0.2) is 0 Å². The third-order valence-corrected chi connectivity index (χ3v) is 4.31. The van der Waals surface area contributed by atoms with Gasteiger partial charge in [-0.15, -0.1) is 0 Å². The van der Waals surface area contributed by atoms with Crippen LogP contribution in [0.4, 0.5) is 5.69 Å². The number of carbonyl (C=O) groups excluding carboxylic acids is 1. The van der Waals surface area contributed by atoms with Gasteiger partial charge < -0.3 is 14.8 Å². The summed E-state index contributed by atoms with van der Waals surface area (Å²) in [6.07, 6.45) is 1.36. The Kier molecular flexibility index (Phi) is 7.38. The molecule has 2 saturated heterocycles. The Morgan fingerprint density at radius 2 is 1.54 bits per heavy atom. The summed E-state index contributed by atoms with van der Waals surface area (Å²) < 4.78 is 10.8. The molecule has 2 heterocycles. The summed E-state index contributed by atoms with van der Waals surface area (Å²) in [5.41, 5.74) is 0.761. The van der Waals surface area contributed by atoms with E-state index in [9.17, 15) is 4.79 Å². The minimum absolute atomic E-state index is 0.231. The molecule has 8 heteroatoms. The van der Waals surface area contributed by atoms with E-state index < -0.39 is 0 Å². The molecule has 2 aliphatic heterocycles. The third kappa shape index (κ3) is 6.38. The standard InChI is InChI=1S/C18H27N5O3/c24-18(20-17-4-2-1-3-5-17)14-19-23(15-21-6-10-25-11-7-21)16-22-8-12-26-13-9-22/h1-5,14H,6-13,15-16H2,(H,20,24)/b19-14-. The van der Waals surface area contributed by atoms with Crippen molar-refractivity contribution < 1.29 is 14.3 Å². The van der Waals surface area contributed by atoms with Crippen LogP contribution >= 0.6 is 0 Å². The molecule has 1 amide bonds. The van der Waals surface area contributed by atoms with Crippen molar-refractivity contribution in [1.82, 2.24) is 14.8 Å². The number of para-hydroxylation sites is 1. The fraction of sp³-hybridized carbons (Fsp3) is 0.556. The zero-order valence-corrected chi connectivity index (χ0v) is 15.0. The summed E-state index contributed by atoms with van der Waals surface area (Å²) in [4.78, 5) is 16.7. The number of anilines is 1. The number of hydrogen-bond acceptors (Lipinski definition) is 7. The maximum Gasteiger partial charge on any atom is 0.268 e. The highest BCUT2D eigenvalue weighted by molar-refractivity contribution is 6.31. The number of carbonyl (C=O) groups is 1. The van der Waals surface area contributed by atoms with Gasteiger partial charge in [0.2, 0.25) is 0 Å². The molecule has 1 N–H and O–H groups in total. The first-order chi connectivity index (χ1) is 12.8. The monoisotopic (exact) mass is 361 g/mol. The third-order valence-electron chi connectivity index (χ3n) is 4.31. The van der Waals surface area contributed by atoms with Crippen molar-refractivity contribution in [2.45, 2.75) is 0 Å². The van der Waals surface area contributed by atoms with Gasteiger partial charge in [0.1, 0.15) is 6.21 Å². The summed E-state index contributed by atoms with van der Waals surface area (Å²) in [6, 6.07) is 9.39. The highest BCUT2D eigenvalue weighted by Gasteiger charge is 2.17. The Morgan fingerprint density at radius 1 is 1.00 bits per heavy atom. The lowest BCUT2D eigenvalue weighted by Crippen LogP contribution is -2.48. The minimum atomic E-state index is -0.231. The van der Waals surface area contributed by atoms with Crippen molar-refractivity contribution in [1.29, 1.82) is 0 Å². The van der Waals surface area contributed by atoms with E-state index >= 15 is 0 Å². The van der Waals surface area contributed by atoms with E-state index in [0.29, 0.717) is 13.3 Å². The van der Waals surface area contributed by atoms with Crippen LogP contribution in [-0.2, 0) is 14.3 Å². The molecule has 3 rings (SSSR count). The predicted octanol–water partition coefficient (Wildman–Crippen LogP) is 0.492. The maximum atomic E-state index is 12.1. The van der Waals surface area contributed by atoms with Gasteiger partial charge in [-0.05, 0) is 12.1 Å². The Morgan fingerprint density at radius 3 is 2.08 bits per heavy atom. The molecule has 0 aliphatic carbocycles. The zero-order chi connectivity index (χ0) is 18.0. The number of hydrazone groups is 1. The average Bonchev–Trinajstić information content (AvgIpc) is 2.68. The SMILES string of the molecule is O=C(/C=N\N(CN1CCOCC1)CN1CCOCC1)Nc1ccccc1. The molecule has 1 aromatic rings. The molecule has 0 atom stereocenters. The van der Waals surface area contributed by atoms with Gasteiger partial charge in [-0.2, -0.15) is 5.10 Å². The lowest BCUT2D eigenvalue weighted by Gasteiger charge is -2.35. The summed E-state index contributed by atoms with van der Waals surface area (Å²) in [5.74, 6) is -0.231. The molecule has 0 radical (unpaired) electrons. The van der Waals surface area contributed by atoms with Crippen LogP contribution in [0, 0.1) is 0 Å².